The molecule has 0 bridgehead atoms. The maximum atomic E-state index is 14.7. The van der Waals surface area contributed by atoms with Crippen molar-refractivity contribution in [3.8, 4) is 0 Å². The maximum absolute atomic E-state index is 14.7. The SMILES string of the molecule is CCCC1OC2C[C@H]3C4CCC5=CC(=O)C=C[C@]5(C)[C@H]4[C@@H](O)C[C@]3(C)[C@]2(C(=O)COCN(C)C(=O)[C@H](C)NC(=O)OCc2ccc(NC(=O)[C@H](CCCNC(N)=O)NC(=O)[C@@H](NC(=O)CCOCCOCCOCCOCCNC(=O)CCC(=O)N3Cc4ccccc4C4=C(C4)c4ccccc43)C(C)C)cc2)O1. The van der Waals surface area contributed by atoms with Gasteiger partial charge >= 0.3 is 12.1 Å². The Morgan fingerprint density at radius 3 is 2.17 bits per heavy atom. The number of ether oxygens (including phenoxy) is 8. The number of para-hydroxylation sites is 1. The molecule has 3 saturated carbocycles. The molecular formula is C80H107N9O19. The second-order valence-electron chi connectivity index (χ2n) is 29.8. The molecule has 7 aliphatic rings. The molecule has 586 valence electrons. The molecule has 0 aromatic heterocycles. The number of rotatable bonds is 39. The molecular weight excluding hydrogens is 1390 g/mol. The predicted molar refractivity (Wildman–Crippen MR) is 398 cm³/mol. The summed E-state index contributed by atoms with van der Waals surface area (Å²) < 4.78 is 47.1. The molecule has 10 rings (SSSR count). The van der Waals surface area contributed by atoms with Crippen LogP contribution in [0.1, 0.15) is 141 Å². The minimum atomic E-state index is -1.40. The first-order chi connectivity index (χ1) is 51.8. The number of nitrogens with one attached hydrogen (secondary N) is 6. The summed E-state index contributed by atoms with van der Waals surface area (Å²) in [6, 6.07) is 18.5. The second kappa shape index (κ2) is 37.6. The van der Waals surface area contributed by atoms with Crippen molar-refractivity contribution in [2.45, 2.75) is 174 Å². The van der Waals surface area contributed by atoms with E-state index >= 15 is 0 Å². The van der Waals surface area contributed by atoms with Crippen molar-refractivity contribution in [1.29, 1.82) is 0 Å². The topological polar surface area (TPSA) is 369 Å². The first kappa shape index (κ1) is 81.8. The number of aliphatic hydroxyl groups excluding tert-OH is 1. The van der Waals surface area contributed by atoms with Crippen molar-refractivity contribution >= 4 is 81.7 Å². The molecule has 5 aliphatic carbocycles. The predicted octanol–water partition coefficient (Wildman–Crippen LogP) is 6.70. The maximum Gasteiger partial charge on any atom is 0.408 e. The molecule has 28 heteroatoms. The van der Waals surface area contributed by atoms with Crippen molar-refractivity contribution in [1.82, 2.24) is 31.5 Å². The molecule has 2 heterocycles. The number of ketones is 2. The molecule has 4 fully saturated rings. The summed E-state index contributed by atoms with van der Waals surface area (Å²) in [5, 5.41) is 28.2. The van der Waals surface area contributed by atoms with Crippen LogP contribution in [0, 0.1) is 34.5 Å². The number of carbonyl (C=O) groups is 10. The second-order valence-corrected chi connectivity index (χ2v) is 29.8. The number of likely N-dealkylation sites (N-methyl/N-ethyl adjacent to an activating group) is 1. The van der Waals surface area contributed by atoms with Gasteiger partial charge in [-0.3, -0.25) is 38.4 Å². The summed E-state index contributed by atoms with van der Waals surface area (Å²) in [5.41, 5.74) is 11.3. The number of hydrogen-bond donors (Lipinski definition) is 8. The number of anilines is 2. The highest BCUT2D eigenvalue weighted by molar-refractivity contribution is 6.13. The van der Waals surface area contributed by atoms with E-state index in [1.165, 1.54) is 35.6 Å². The van der Waals surface area contributed by atoms with Gasteiger partial charge in [0.2, 0.25) is 35.4 Å². The highest BCUT2D eigenvalue weighted by Crippen LogP contribution is 2.70. The van der Waals surface area contributed by atoms with Gasteiger partial charge < -0.3 is 90.4 Å². The van der Waals surface area contributed by atoms with Gasteiger partial charge in [-0.05, 0) is 134 Å². The Balaban J connectivity index is 0.577. The van der Waals surface area contributed by atoms with Crippen LogP contribution in [-0.2, 0) is 89.4 Å². The normalized spacial score (nSPS) is 24.2. The molecule has 3 aromatic rings. The van der Waals surface area contributed by atoms with Crippen molar-refractivity contribution < 1.29 is 90.9 Å². The molecule has 2 aliphatic heterocycles. The van der Waals surface area contributed by atoms with Crippen LogP contribution in [0.5, 0.6) is 0 Å². The molecule has 9 amide bonds. The zero-order valence-electron chi connectivity index (χ0n) is 63.1. The lowest BCUT2D eigenvalue weighted by atomic mass is 9.46. The van der Waals surface area contributed by atoms with Crippen LogP contribution in [0.25, 0.3) is 11.1 Å². The van der Waals surface area contributed by atoms with Gasteiger partial charge in [-0.1, -0.05) is 107 Å². The number of allylic oxidation sites excluding steroid dienone is 6. The minimum Gasteiger partial charge on any atom is -0.445 e. The third-order valence-electron chi connectivity index (χ3n) is 22.1. The fourth-order valence-electron chi connectivity index (χ4n) is 16.6. The monoisotopic (exact) mass is 1500 g/mol. The van der Waals surface area contributed by atoms with Gasteiger partial charge in [0.1, 0.15) is 38.1 Å². The van der Waals surface area contributed by atoms with E-state index in [0.29, 0.717) is 69.9 Å². The van der Waals surface area contributed by atoms with Gasteiger partial charge in [-0.2, -0.15) is 0 Å². The van der Waals surface area contributed by atoms with Crippen molar-refractivity contribution in [2.24, 2.45) is 40.2 Å². The Hall–Kier alpha value is -8.74. The number of hydrogen-bond acceptors (Lipinski definition) is 19. The minimum absolute atomic E-state index is 0.0204. The summed E-state index contributed by atoms with van der Waals surface area (Å²) in [4.78, 5) is 135. The van der Waals surface area contributed by atoms with Gasteiger partial charge in [0.25, 0.3) is 0 Å². The smallest absolute Gasteiger partial charge is 0.408 e. The van der Waals surface area contributed by atoms with Gasteiger partial charge in [0.05, 0.1) is 77.3 Å². The fourth-order valence-corrected chi connectivity index (χ4v) is 16.6. The first-order valence-electron chi connectivity index (χ1n) is 37.9. The quantitative estimate of drug-likeness (QED) is 0.0217. The number of urea groups is 1. The van der Waals surface area contributed by atoms with Crippen LogP contribution < -0.4 is 42.5 Å². The van der Waals surface area contributed by atoms with E-state index in [2.05, 4.69) is 57.0 Å². The molecule has 0 radical (unpaired) electrons. The number of alkyl carbamates (subject to hydrolysis) is 1. The molecule has 28 nitrogen and oxygen atoms in total. The molecule has 3 aromatic carbocycles. The summed E-state index contributed by atoms with van der Waals surface area (Å²) >= 11 is 0. The number of carbonyl (C=O) groups excluding carboxylic acids is 10. The van der Waals surface area contributed by atoms with Gasteiger partial charge in [0.15, 0.2) is 23.5 Å². The van der Waals surface area contributed by atoms with E-state index in [0.717, 1.165) is 41.6 Å². The molecule has 12 atom stereocenters. The van der Waals surface area contributed by atoms with Crippen LogP contribution in [0.4, 0.5) is 21.0 Å². The lowest BCUT2D eigenvalue weighted by Gasteiger charge is -2.59. The average Bonchev–Trinajstić information content (AvgIpc) is 1.46. The van der Waals surface area contributed by atoms with Crippen LogP contribution in [0.15, 0.2) is 96.6 Å². The van der Waals surface area contributed by atoms with E-state index in [1.54, 1.807) is 55.2 Å². The van der Waals surface area contributed by atoms with Crippen molar-refractivity contribution in [3.05, 3.63) is 119 Å². The van der Waals surface area contributed by atoms with Crippen LogP contribution in [0.3, 0.4) is 0 Å². The largest absolute Gasteiger partial charge is 0.445 e. The lowest BCUT2D eigenvalue weighted by molar-refractivity contribution is -0.201. The van der Waals surface area contributed by atoms with Crippen LogP contribution in [-0.4, -0.2) is 198 Å². The Morgan fingerprint density at radius 1 is 0.769 bits per heavy atom. The van der Waals surface area contributed by atoms with Gasteiger partial charge in [-0.15, -0.1) is 0 Å². The summed E-state index contributed by atoms with van der Waals surface area (Å²) in [7, 11) is 1.48. The number of nitrogens with zero attached hydrogens (tertiary/aromatic N) is 2. The van der Waals surface area contributed by atoms with E-state index in [1.807, 2.05) is 50.3 Å². The van der Waals surface area contributed by atoms with Gasteiger partial charge in [-0.25, -0.2) is 9.59 Å². The number of nitrogens with two attached hydrogens (primary N) is 1. The Morgan fingerprint density at radius 2 is 1.45 bits per heavy atom. The molecule has 108 heavy (non-hydrogen) atoms. The number of benzene rings is 3. The number of aliphatic hydroxyl groups is 1. The standard InChI is InChI=1S/C80H107N9O19/c1-8-14-70-107-66-43-61-58-25-22-53-41-55(90)28-30-78(53,5)71(58)64(91)44-79(61,6)80(66,108-70)65(92)47-105-48-88(7)75(98)50(4)84-77(100)106-46-51-20-23-54(24-21-51)85-73(96)62(18-13-31-83-76(81)99)86-74(97)72(49(2)3)87-68(94)29-33-101-35-37-103-39-40-104-38-36-102-34-32-82-67(93)26-27-69(95)89-45-52-15-9-10-16-56(52)59-42-60(59)57-17-11-12-19-63(57)89/h9-12,15-17,19-21,23-24,28,30,41,49-50,58,61-62,64,66,70-72,91H,8,13-14,18,22,25-27,29,31-40,42-48H2,1-7H3,(H,82,93)(H,84,100)(H,85,96)(H,86,97)(H,87,94)(H3,81,83,99)/t50-,58?,61-,62-,64-,66?,70?,71+,72-,78-,79-,80+/m0/s1. The zero-order chi connectivity index (χ0) is 77.3. The van der Waals surface area contributed by atoms with E-state index in [4.69, 9.17) is 43.6 Å². The lowest BCUT2D eigenvalue weighted by Crippen LogP contribution is -2.63. The summed E-state index contributed by atoms with van der Waals surface area (Å²) in [6.45, 7) is 13.0. The van der Waals surface area contributed by atoms with Gasteiger partial charge in [0, 0.05) is 67.4 Å². The highest BCUT2D eigenvalue weighted by atomic mass is 16.7. The zero-order valence-corrected chi connectivity index (χ0v) is 63.1. The molecule has 1 saturated heterocycles. The van der Waals surface area contributed by atoms with E-state index in [-0.39, 0.29) is 132 Å². The highest BCUT2D eigenvalue weighted by Gasteiger charge is 2.76. The average molecular weight is 1500 g/mol. The Labute approximate surface area is 631 Å². The third-order valence-corrected chi connectivity index (χ3v) is 22.1. The number of amides is 9. The fraction of sp³-hybridized carbons (Fsp3) is 0.575. The number of primary amides is 1. The third kappa shape index (κ3) is 19.8. The molecule has 3 unspecified atom stereocenters. The van der Waals surface area contributed by atoms with Crippen molar-refractivity contribution in [2.75, 3.05) is 96.5 Å². The van der Waals surface area contributed by atoms with E-state index < -0.39 is 95.4 Å². The summed E-state index contributed by atoms with van der Waals surface area (Å²) in [5.74, 6) is -3.41. The summed E-state index contributed by atoms with van der Waals surface area (Å²) in [6.07, 6.45) is 7.40. The molecule has 9 N–H and O–H groups in total. The Bertz CT molecular complexity index is 3850. The first-order valence-corrected chi connectivity index (χ1v) is 37.9. The Kier molecular flexibility index (Phi) is 28.5. The number of Topliss-reactive ketones (excluding diaryl/α,β-unsaturated/α-hetero) is 1. The molecule has 0 spiro atoms. The number of fused-ring (bicyclic) bond motifs is 11. The van der Waals surface area contributed by atoms with E-state index in [9.17, 15) is 53.1 Å². The van der Waals surface area contributed by atoms with Crippen molar-refractivity contribution in [3.63, 3.8) is 0 Å². The van der Waals surface area contributed by atoms with Crippen LogP contribution >= 0.6 is 0 Å². The van der Waals surface area contributed by atoms with Crippen LogP contribution in [0.2, 0.25) is 0 Å².